The number of nitro groups is 1. The van der Waals surface area contributed by atoms with Crippen LogP contribution < -0.4 is 11.3 Å². The molecule has 0 amide bonds. The van der Waals surface area contributed by atoms with Gasteiger partial charge in [-0.1, -0.05) is 23.8 Å². The average Bonchev–Trinajstić information content (AvgIpc) is 2.46. The lowest BCUT2D eigenvalue weighted by atomic mass is 10.2. The van der Waals surface area contributed by atoms with Gasteiger partial charge in [-0.15, -0.1) is 11.8 Å². The van der Waals surface area contributed by atoms with Gasteiger partial charge < -0.3 is 5.43 Å². The van der Waals surface area contributed by atoms with Gasteiger partial charge in [0.15, 0.2) is 0 Å². The van der Waals surface area contributed by atoms with Crippen LogP contribution in [0.3, 0.4) is 0 Å². The third-order valence-electron chi connectivity index (χ3n) is 2.84. The fraction of sp³-hybridized carbons (Fsp3) is 0.143. The number of nitrogens with one attached hydrogen (secondary N) is 1. The van der Waals surface area contributed by atoms with Crippen molar-refractivity contribution in [2.45, 2.75) is 17.6 Å². The third kappa shape index (κ3) is 3.49. The molecule has 5 nitrogen and oxygen atoms in total. The van der Waals surface area contributed by atoms with Crippen LogP contribution in [0.4, 0.5) is 11.4 Å². The van der Waals surface area contributed by atoms with Crippen LogP contribution in [0.1, 0.15) is 11.1 Å². The number of nitrogens with zero attached hydrogens (tertiary/aromatic N) is 1. The van der Waals surface area contributed by atoms with E-state index in [1.165, 1.54) is 11.6 Å². The molecule has 0 saturated heterocycles. The number of aryl methyl sites for hydroxylation is 1. The predicted octanol–water partition coefficient (Wildman–Crippen LogP) is 3.48. The molecule has 0 spiro atoms. The second-order valence-corrected chi connectivity index (χ2v) is 5.40. The van der Waals surface area contributed by atoms with Crippen LogP contribution in [-0.2, 0) is 5.75 Å². The molecule has 0 bridgehead atoms. The van der Waals surface area contributed by atoms with Crippen molar-refractivity contribution in [3.8, 4) is 0 Å². The molecule has 0 aliphatic rings. The molecule has 2 aromatic carbocycles. The first-order valence-corrected chi connectivity index (χ1v) is 7.02. The number of hydrogen-bond donors (Lipinski definition) is 2. The number of hydrogen-bond acceptors (Lipinski definition) is 5. The Hall–Kier alpha value is -2.05. The molecule has 3 N–H and O–H groups in total. The summed E-state index contributed by atoms with van der Waals surface area (Å²) in [6.07, 6.45) is 0. The molecule has 2 rings (SSSR count). The lowest BCUT2D eigenvalue weighted by Gasteiger charge is -2.06. The second kappa shape index (κ2) is 6.40. The van der Waals surface area contributed by atoms with Gasteiger partial charge in [-0.2, -0.15) is 0 Å². The highest BCUT2D eigenvalue weighted by Crippen LogP contribution is 2.28. The summed E-state index contributed by atoms with van der Waals surface area (Å²) in [6, 6.07) is 13.2. The van der Waals surface area contributed by atoms with Crippen molar-refractivity contribution in [1.29, 1.82) is 0 Å². The van der Waals surface area contributed by atoms with Crippen molar-refractivity contribution in [1.82, 2.24) is 0 Å². The first kappa shape index (κ1) is 14.4. The molecule has 0 unspecified atom stereocenters. The van der Waals surface area contributed by atoms with E-state index in [4.69, 9.17) is 5.84 Å². The summed E-state index contributed by atoms with van der Waals surface area (Å²) in [7, 11) is 0. The fourth-order valence-electron chi connectivity index (χ4n) is 1.75. The lowest BCUT2D eigenvalue weighted by Crippen LogP contribution is -2.09. The Balaban J connectivity index is 2.10. The first-order chi connectivity index (χ1) is 9.60. The average molecular weight is 289 g/mol. The number of hydrazine groups is 1. The summed E-state index contributed by atoms with van der Waals surface area (Å²) < 4.78 is 0. The maximum atomic E-state index is 10.8. The summed E-state index contributed by atoms with van der Waals surface area (Å²) >= 11 is 1.68. The fourth-order valence-corrected chi connectivity index (χ4v) is 2.59. The van der Waals surface area contributed by atoms with Crippen LogP contribution in [0.15, 0.2) is 47.4 Å². The van der Waals surface area contributed by atoms with E-state index in [-0.39, 0.29) is 5.69 Å². The molecular formula is C14H15N3O2S. The van der Waals surface area contributed by atoms with Crippen molar-refractivity contribution in [3.05, 3.63) is 63.7 Å². The van der Waals surface area contributed by atoms with Gasteiger partial charge in [0, 0.05) is 16.7 Å². The minimum Gasteiger partial charge on any atom is -0.318 e. The monoisotopic (exact) mass is 289 g/mol. The quantitative estimate of drug-likeness (QED) is 0.381. The SMILES string of the molecule is Cc1ccc(SCc2ccc([N+](=O)[O-])c(NN)c2)cc1. The highest BCUT2D eigenvalue weighted by Gasteiger charge is 2.13. The maximum absolute atomic E-state index is 10.8. The summed E-state index contributed by atoms with van der Waals surface area (Å²) in [5, 5.41) is 10.8. The molecule has 0 radical (unpaired) electrons. The van der Waals surface area contributed by atoms with Gasteiger partial charge in [0.1, 0.15) is 5.69 Å². The van der Waals surface area contributed by atoms with Gasteiger partial charge in [-0.25, -0.2) is 0 Å². The molecule has 104 valence electrons. The number of rotatable bonds is 5. The van der Waals surface area contributed by atoms with Crippen molar-refractivity contribution in [2.75, 3.05) is 5.43 Å². The zero-order valence-electron chi connectivity index (χ0n) is 11.0. The lowest BCUT2D eigenvalue weighted by molar-refractivity contribution is -0.384. The molecule has 0 aliphatic carbocycles. The van der Waals surface area contributed by atoms with E-state index >= 15 is 0 Å². The van der Waals surface area contributed by atoms with Crippen LogP contribution in [0, 0.1) is 17.0 Å². The number of benzene rings is 2. The summed E-state index contributed by atoms with van der Waals surface area (Å²) in [5.41, 5.74) is 4.89. The van der Waals surface area contributed by atoms with Gasteiger partial charge in [-0.3, -0.25) is 16.0 Å². The van der Waals surface area contributed by atoms with Gasteiger partial charge in [-0.05, 0) is 30.7 Å². The minimum atomic E-state index is -0.452. The zero-order valence-corrected chi connectivity index (χ0v) is 11.8. The largest absolute Gasteiger partial charge is 0.318 e. The summed E-state index contributed by atoms with van der Waals surface area (Å²) in [5.74, 6) is 6.05. The van der Waals surface area contributed by atoms with E-state index in [0.717, 1.165) is 16.2 Å². The predicted molar refractivity (Wildman–Crippen MR) is 81.6 cm³/mol. The van der Waals surface area contributed by atoms with Crippen LogP contribution in [-0.4, -0.2) is 4.92 Å². The Labute approximate surface area is 121 Å². The number of anilines is 1. The van der Waals surface area contributed by atoms with Gasteiger partial charge >= 0.3 is 0 Å². The Kier molecular flexibility index (Phi) is 4.60. The standard InChI is InChI=1S/C14H15N3O2S/c1-10-2-5-12(6-3-10)20-9-11-4-7-14(17(18)19)13(8-11)16-15/h2-8,16H,9,15H2,1H3. The van der Waals surface area contributed by atoms with E-state index in [2.05, 4.69) is 29.7 Å². The molecular weight excluding hydrogens is 274 g/mol. The topological polar surface area (TPSA) is 81.2 Å². The number of nitrogen functional groups attached to an aromatic ring is 1. The molecule has 6 heteroatoms. The molecule has 0 aromatic heterocycles. The Morgan fingerprint density at radius 3 is 2.55 bits per heavy atom. The van der Waals surface area contributed by atoms with Gasteiger partial charge in [0.25, 0.3) is 5.69 Å². The van der Waals surface area contributed by atoms with Crippen LogP contribution in [0.2, 0.25) is 0 Å². The van der Waals surface area contributed by atoms with Crippen molar-refractivity contribution < 1.29 is 4.92 Å². The number of thioether (sulfide) groups is 1. The minimum absolute atomic E-state index is 0.0171. The summed E-state index contributed by atoms with van der Waals surface area (Å²) in [6.45, 7) is 2.05. The van der Waals surface area contributed by atoms with E-state index in [1.807, 2.05) is 6.92 Å². The Morgan fingerprint density at radius 2 is 1.95 bits per heavy atom. The molecule has 2 aromatic rings. The van der Waals surface area contributed by atoms with Crippen LogP contribution in [0.25, 0.3) is 0 Å². The van der Waals surface area contributed by atoms with E-state index in [0.29, 0.717) is 5.69 Å². The van der Waals surface area contributed by atoms with Crippen molar-refractivity contribution in [3.63, 3.8) is 0 Å². The zero-order chi connectivity index (χ0) is 14.5. The van der Waals surface area contributed by atoms with Crippen LogP contribution >= 0.6 is 11.8 Å². The Bertz CT molecular complexity index is 614. The van der Waals surface area contributed by atoms with Crippen LogP contribution in [0.5, 0.6) is 0 Å². The summed E-state index contributed by atoms with van der Waals surface area (Å²) in [4.78, 5) is 11.5. The molecule has 0 heterocycles. The van der Waals surface area contributed by atoms with Gasteiger partial charge in [0.2, 0.25) is 0 Å². The molecule has 0 fully saturated rings. The van der Waals surface area contributed by atoms with Crippen molar-refractivity contribution >= 4 is 23.1 Å². The molecule has 0 atom stereocenters. The van der Waals surface area contributed by atoms with E-state index in [1.54, 1.807) is 23.9 Å². The third-order valence-corrected chi connectivity index (χ3v) is 3.92. The second-order valence-electron chi connectivity index (χ2n) is 4.35. The molecule has 0 aliphatic heterocycles. The highest BCUT2D eigenvalue weighted by molar-refractivity contribution is 7.98. The van der Waals surface area contributed by atoms with Crippen molar-refractivity contribution in [2.24, 2.45) is 5.84 Å². The number of nitro benzene ring substituents is 1. The maximum Gasteiger partial charge on any atom is 0.293 e. The van der Waals surface area contributed by atoms with Gasteiger partial charge in [0.05, 0.1) is 4.92 Å². The first-order valence-electron chi connectivity index (χ1n) is 6.03. The molecule has 20 heavy (non-hydrogen) atoms. The molecule has 0 saturated carbocycles. The highest BCUT2D eigenvalue weighted by atomic mass is 32.2. The smallest absolute Gasteiger partial charge is 0.293 e. The van der Waals surface area contributed by atoms with E-state index in [9.17, 15) is 10.1 Å². The number of nitrogens with two attached hydrogens (primary N) is 1. The van der Waals surface area contributed by atoms with E-state index < -0.39 is 4.92 Å². The normalized spacial score (nSPS) is 10.3. The Morgan fingerprint density at radius 1 is 1.25 bits per heavy atom.